The molecule has 1 unspecified atom stereocenters. The van der Waals surface area contributed by atoms with Crippen LogP contribution in [0.2, 0.25) is 0 Å². The number of amides is 1. The molecular formula is C10H16N2O. The molecule has 3 nitrogen and oxygen atoms in total. The second-order valence-electron chi connectivity index (χ2n) is 5.26. The van der Waals surface area contributed by atoms with E-state index in [2.05, 4.69) is 24.2 Å². The lowest BCUT2D eigenvalue weighted by molar-refractivity contribution is -0.122. The van der Waals surface area contributed by atoms with Gasteiger partial charge in [-0.15, -0.1) is 0 Å². The van der Waals surface area contributed by atoms with Crippen LogP contribution in [0.3, 0.4) is 0 Å². The van der Waals surface area contributed by atoms with Crippen molar-refractivity contribution in [1.82, 2.24) is 5.32 Å². The van der Waals surface area contributed by atoms with Gasteiger partial charge in [0.1, 0.15) is 11.4 Å². The number of hydrogen-bond donors (Lipinski definition) is 1. The summed E-state index contributed by atoms with van der Waals surface area (Å²) < 4.78 is 0. The molecule has 1 aliphatic carbocycles. The molecule has 0 aromatic heterocycles. The van der Waals surface area contributed by atoms with Gasteiger partial charge in [0.25, 0.3) is 5.91 Å². The molecule has 1 N–H and O–H groups in total. The molecule has 0 radical (unpaired) electrons. The van der Waals surface area contributed by atoms with Crippen LogP contribution in [0, 0.1) is 11.3 Å². The van der Waals surface area contributed by atoms with Crippen LogP contribution < -0.4 is 5.32 Å². The van der Waals surface area contributed by atoms with Gasteiger partial charge >= 0.3 is 0 Å². The van der Waals surface area contributed by atoms with Crippen molar-refractivity contribution in [3.05, 3.63) is 0 Å². The lowest BCUT2D eigenvalue weighted by atomic mass is 10.1. The molecule has 72 valence electrons. The highest BCUT2D eigenvalue weighted by Gasteiger charge is 2.52. The number of carbonyl (C=O) groups is 1. The molecule has 1 amide bonds. The predicted octanol–water partition coefficient (Wildman–Crippen LogP) is 1.34. The molecule has 1 heterocycles. The second-order valence-corrected chi connectivity index (χ2v) is 5.26. The Morgan fingerprint density at radius 3 is 2.23 bits per heavy atom. The highest BCUT2D eigenvalue weighted by molar-refractivity contribution is 6.09. The first-order valence-electron chi connectivity index (χ1n) is 4.74. The van der Waals surface area contributed by atoms with Gasteiger partial charge in [0.2, 0.25) is 0 Å². The number of hydrogen-bond acceptors (Lipinski definition) is 2. The maximum absolute atomic E-state index is 11.4. The Morgan fingerprint density at radius 1 is 1.38 bits per heavy atom. The van der Waals surface area contributed by atoms with Crippen LogP contribution in [0.4, 0.5) is 0 Å². The minimum atomic E-state index is -0.548. The Hall–Kier alpha value is -0.860. The molecule has 0 spiro atoms. The minimum absolute atomic E-state index is 0.0326. The monoisotopic (exact) mass is 180 g/mol. The van der Waals surface area contributed by atoms with Crippen LogP contribution in [0.1, 0.15) is 34.1 Å². The number of nitrogens with zero attached hydrogens (tertiary/aromatic N) is 1. The van der Waals surface area contributed by atoms with Crippen molar-refractivity contribution in [1.29, 1.82) is 0 Å². The molecule has 0 aromatic carbocycles. The van der Waals surface area contributed by atoms with Crippen LogP contribution in [0.5, 0.6) is 0 Å². The SMILES string of the molecule is CC1(C)N=C(C2CC2(C)C)NC1=O. The van der Waals surface area contributed by atoms with Gasteiger partial charge in [-0.25, -0.2) is 0 Å². The lowest BCUT2D eigenvalue weighted by Gasteiger charge is -2.07. The maximum Gasteiger partial charge on any atom is 0.252 e. The van der Waals surface area contributed by atoms with Crippen LogP contribution in [0.25, 0.3) is 0 Å². The fourth-order valence-corrected chi connectivity index (χ4v) is 1.75. The molecule has 0 bridgehead atoms. The summed E-state index contributed by atoms with van der Waals surface area (Å²) in [4.78, 5) is 15.8. The van der Waals surface area contributed by atoms with Crippen LogP contribution in [-0.2, 0) is 4.79 Å². The van der Waals surface area contributed by atoms with Crippen molar-refractivity contribution in [2.24, 2.45) is 16.3 Å². The van der Waals surface area contributed by atoms with E-state index in [9.17, 15) is 4.79 Å². The zero-order valence-electron chi connectivity index (χ0n) is 8.64. The highest BCUT2D eigenvalue weighted by Crippen LogP contribution is 2.52. The molecular weight excluding hydrogens is 164 g/mol. The highest BCUT2D eigenvalue weighted by atomic mass is 16.2. The fourth-order valence-electron chi connectivity index (χ4n) is 1.75. The third kappa shape index (κ3) is 1.26. The van der Waals surface area contributed by atoms with E-state index in [0.717, 1.165) is 12.3 Å². The van der Waals surface area contributed by atoms with E-state index in [4.69, 9.17) is 0 Å². The molecule has 3 heteroatoms. The Kier molecular flexibility index (Phi) is 1.44. The van der Waals surface area contributed by atoms with Gasteiger partial charge in [0, 0.05) is 5.92 Å². The quantitative estimate of drug-likeness (QED) is 0.650. The summed E-state index contributed by atoms with van der Waals surface area (Å²) >= 11 is 0. The van der Waals surface area contributed by atoms with E-state index in [1.165, 1.54) is 0 Å². The summed E-state index contributed by atoms with van der Waals surface area (Å²) in [5, 5.41) is 2.87. The van der Waals surface area contributed by atoms with Crippen molar-refractivity contribution in [2.75, 3.05) is 0 Å². The van der Waals surface area contributed by atoms with Crippen molar-refractivity contribution < 1.29 is 4.79 Å². The number of amidine groups is 1. The van der Waals surface area contributed by atoms with Crippen molar-refractivity contribution in [3.8, 4) is 0 Å². The number of carbonyl (C=O) groups excluding carboxylic acids is 1. The van der Waals surface area contributed by atoms with Crippen molar-refractivity contribution in [3.63, 3.8) is 0 Å². The molecule has 1 saturated carbocycles. The number of aliphatic imine (C=N–C) groups is 1. The van der Waals surface area contributed by atoms with Gasteiger partial charge in [0.15, 0.2) is 0 Å². The molecule has 1 atom stereocenters. The van der Waals surface area contributed by atoms with E-state index in [0.29, 0.717) is 11.3 Å². The molecule has 1 fully saturated rings. The molecule has 2 rings (SSSR count). The summed E-state index contributed by atoms with van der Waals surface area (Å²) in [5.41, 5.74) is -0.208. The average molecular weight is 180 g/mol. The largest absolute Gasteiger partial charge is 0.312 e. The number of nitrogens with one attached hydrogen (secondary N) is 1. The topological polar surface area (TPSA) is 41.5 Å². The molecule has 13 heavy (non-hydrogen) atoms. The van der Waals surface area contributed by atoms with E-state index < -0.39 is 5.54 Å². The van der Waals surface area contributed by atoms with Crippen LogP contribution in [0.15, 0.2) is 4.99 Å². The smallest absolute Gasteiger partial charge is 0.252 e. The summed E-state index contributed by atoms with van der Waals surface area (Å²) in [6.07, 6.45) is 1.14. The normalized spacial score (nSPS) is 34.0. The van der Waals surface area contributed by atoms with Gasteiger partial charge in [0.05, 0.1) is 0 Å². The Labute approximate surface area is 78.6 Å². The standard InChI is InChI=1S/C10H16N2O/c1-9(2)5-6(9)7-11-8(13)10(3,4)12-7/h6H,5H2,1-4H3,(H,11,12,13). The third-order valence-corrected chi connectivity index (χ3v) is 3.04. The predicted molar refractivity (Wildman–Crippen MR) is 51.5 cm³/mol. The fraction of sp³-hybridized carbons (Fsp3) is 0.800. The molecule has 0 aromatic rings. The lowest BCUT2D eigenvalue weighted by Crippen LogP contribution is -2.35. The Balaban J connectivity index is 2.17. The first kappa shape index (κ1) is 8.73. The second kappa shape index (κ2) is 2.14. The Morgan fingerprint density at radius 2 is 1.92 bits per heavy atom. The van der Waals surface area contributed by atoms with E-state index in [-0.39, 0.29) is 5.91 Å². The van der Waals surface area contributed by atoms with Crippen molar-refractivity contribution >= 4 is 11.7 Å². The zero-order valence-corrected chi connectivity index (χ0v) is 8.64. The van der Waals surface area contributed by atoms with E-state index in [1.54, 1.807) is 0 Å². The summed E-state index contributed by atoms with van der Waals surface area (Å²) in [5.74, 6) is 1.41. The van der Waals surface area contributed by atoms with Crippen molar-refractivity contribution in [2.45, 2.75) is 39.7 Å². The first-order chi connectivity index (χ1) is 5.83. The molecule has 2 aliphatic rings. The third-order valence-electron chi connectivity index (χ3n) is 3.04. The molecule has 0 saturated heterocycles. The summed E-state index contributed by atoms with van der Waals surface area (Å²) in [7, 11) is 0. The minimum Gasteiger partial charge on any atom is -0.312 e. The summed E-state index contributed by atoms with van der Waals surface area (Å²) in [6.45, 7) is 8.12. The average Bonchev–Trinajstić information content (AvgIpc) is 2.48. The van der Waals surface area contributed by atoms with E-state index in [1.807, 2.05) is 13.8 Å². The zero-order chi connectivity index (χ0) is 9.85. The molecule has 1 aliphatic heterocycles. The van der Waals surface area contributed by atoms with E-state index >= 15 is 0 Å². The van der Waals surface area contributed by atoms with Crippen LogP contribution in [-0.4, -0.2) is 17.3 Å². The summed E-state index contributed by atoms with van der Waals surface area (Å²) in [6, 6.07) is 0. The van der Waals surface area contributed by atoms with Gasteiger partial charge in [-0.1, -0.05) is 13.8 Å². The maximum atomic E-state index is 11.4. The van der Waals surface area contributed by atoms with Gasteiger partial charge < -0.3 is 5.32 Å². The van der Waals surface area contributed by atoms with Gasteiger partial charge in [-0.3, -0.25) is 9.79 Å². The first-order valence-corrected chi connectivity index (χ1v) is 4.74. The van der Waals surface area contributed by atoms with Crippen LogP contribution >= 0.6 is 0 Å². The Bertz CT molecular complexity index is 302. The van der Waals surface area contributed by atoms with Gasteiger partial charge in [-0.2, -0.15) is 0 Å². The van der Waals surface area contributed by atoms with Gasteiger partial charge in [-0.05, 0) is 25.7 Å². The number of rotatable bonds is 1.